The molecule has 0 radical (unpaired) electrons. The molecule has 104 valence electrons. The highest BCUT2D eigenvalue weighted by molar-refractivity contribution is 5.90. The van der Waals surface area contributed by atoms with Crippen molar-refractivity contribution in [2.75, 3.05) is 7.11 Å². The minimum atomic E-state index is -1.25. The third kappa shape index (κ3) is 2.45. The molecule has 0 spiro atoms. The number of ether oxygens (including phenoxy) is 1. The van der Waals surface area contributed by atoms with Gasteiger partial charge in [-0.2, -0.15) is 0 Å². The van der Waals surface area contributed by atoms with Gasteiger partial charge in [-0.05, 0) is 18.2 Å². The van der Waals surface area contributed by atoms with Gasteiger partial charge in [-0.3, -0.25) is 0 Å². The Hall–Kier alpha value is -2.50. The quantitative estimate of drug-likeness (QED) is 0.937. The highest BCUT2D eigenvalue weighted by atomic mass is 19.1. The number of aromatic carboxylic acids is 1. The summed E-state index contributed by atoms with van der Waals surface area (Å²) in [5.41, 5.74) is -0.794. The largest absolute Gasteiger partial charge is 0.496 e. The van der Waals surface area contributed by atoms with Crippen LogP contribution in [0.2, 0.25) is 0 Å². The molecule has 0 fully saturated rings. The van der Waals surface area contributed by atoms with E-state index in [1.165, 1.54) is 19.2 Å². The third-order valence-corrected chi connectivity index (χ3v) is 2.72. The van der Waals surface area contributed by atoms with Crippen molar-refractivity contribution in [3.05, 3.63) is 53.3 Å². The second-order valence-electron chi connectivity index (χ2n) is 3.96. The van der Waals surface area contributed by atoms with E-state index in [0.717, 1.165) is 6.07 Å². The number of carboxylic acids is 1. The summed E-state index contributed by atoms with van der Waals surface area (Å²) in [5.74, 6) is -4.50. The van der Waals surface area contributed by atoms with E-state index in [0.29, 0.717) is 12.1 Å². The van der Waals surface area contributed by atoms with Gasteiger partial charge in [0.15, 0.2) is 0 Å². The molecule has 20 heavy (non-hydrogen) atoms. The molecule has 3 nitrogen and oxygen atoms in total. The maximum Gasteiger partial charge on any atom is 0.335 e. The van der Waals surface area contributed by atoms with Crippen molar-refractivity contribution in [2.24, 2.45) is 0 Å². The summed E-state index contributed by atoms with van der Waals surface area (Å²) in [6.45, 7) is 0. The molecule has 2 aromatic carbocycles. The lowest BCUT2D eigenvalue weighted by Gasteiger charge is -2.11. The molecule has 0 aromatic heterocycles. The zero-order valence-corrected chi connectivity index (χ0v) is 10.3. The zero-order valence-electron chi connectivity index (χ0n) is 10.3. The Morgan fingerprint density at radius 3 is 2.20 bits per heavy atom. The van der Waals surface area contributed by atoms with Crippen LogP contribution in [0.15, 0.2) is 30.3 Å². The lowest BCUT2D eigenvalue weighted by molar-refractivity contribution is 0.0697. The van der Waals surface area contributed by atoms with Crippen LogP contribution >= 0.6 is 0 Å². The van der Waals surface area contributed by atoms with Gasteiger partial charge < -0.3 is 9.84 Å². The number of carboxylic acid groups (broad SMARTS) is 1. The summed E-state index contributed by atoms with van der Waals surface area (Å²) in [6.07, 6.45) is 0. The minimum Gasteiger partial charge on any atom is -0.496 e. The molecule has 0 heterocycles. The molecule has 0 aliphatic heterocycles. The Bertz CT molecular complexity index is 660. The number of carbonyl (C=O) groups is 1. The van der Waals surface area contributed by atoms with E-state index in [2.05, 4.69) is 0 Å². The Morgan fingerprint density at radius 1 is 1.10 bits per heavy atom. The van der Waals surface area contributed by atoms with Gasteiger partial charge >= 0.3 is 5.97 Å². The SMILES string of the molecule is COc1ccc(C(=O)O)cc1-c1c(F)cc(F)cc1F. The van der Waals surface area contributed by atoms with Gasteiger partial charge in [0.25, 0.3) is 0 Å². The molecule has 2 rings (SSSR count). The van der Waals surface area contributed by atoms with Crippen LogP contribution < -0.4 is 4.74 Å². The first-order valence-electron chi connectivity index (χ1n) is 5.50. The van der Waals surface area contributed by atoms with Crippen LogP contribution in [-0.4, -0.2) is 18.2 Å². The standard InChI is InChI=1S/C14H9F3O3/c1-20-12-3-2-7(14(18)19)4-9(12)13-10(16)5-8(15)6-11(13)17/h2-6H,1H3,(H,18,19). The molecule has 0 saturated heterocycles. The fourth-order valence-corrected chi connectivity index (χ4v) is 1.84. The molecule has 0 aliphatic rings. The highest BCUT2D eigenvalue weighted by Gasteiger charge is 2.19. The van der Waals surface area contributed by atoms with Gasteiger partial charge in [0, 0.05) is 17.7 Å². The smallest absolute Gasteiger partial charge is 0.335 e. The van der Waals surface area contributed by atoms with Crippen molar-refractivity contribution in [2.45, 2.75) is 0 Å². The molecule has 6 heteroatoms. The molecule has 0 bridgehead atoms. The van der Waals surface area contributed by atoms with E-state index in [4.69, 9.17) is 9.84 Å². The molecule has 1 N–H and O–H groups in total. The Balaban J connectivity index is 2.74. The fraction of sp³-hybridized carbons (Fsp3) is 0.0714. The van der Waals surface area contributed by atoms with E-state index in [9.17, 15) is 18.0 Å². The van der Waals surface area contributed by atoms with Crippen molar-refractivity contribution in [3.63, 3.8) is 0 Å². The van der Waals surface area contributed by atoms with Crippen molar-refractivity contribution in [1.29, 1.82) is 0 Å². The molecule has 2 aromatic rings. The van der Waals surface area contributed by atoms with Crippen LogP contribution in [0.5, 0.6) is 5.75 Å². The summed E-state index contributed by atoms with van der Waals surface area (Å²) in [5, 5.41) is 8.91. The van der Waals surface area contributed by atoms with E-state index in [1.54, 1.807) is 0 Å². The zero-order chi connectivity index (χ0) is 14.9. The molecule has 0 atom stereocenters. The molecule has 0 saturated carbocycles. The topological polar surface area (TPSA) is 46.5 Å². The Labute approximate surface area is 112 Å². The van der Waals surface area contributed by atoms with Crippen molar-refractivity contribution in [3.8, 4) is 16.9 Å². The van der Waals surface area contributed by atoms with Crippen LogP contribution in [0.3, 0.4) is 0 Å². The average molecular weight is 282 g/mol. The molecule has 0 unspecified atom stereocenters. The molecular weight excluding hydrogens is 273 g/mol. The van der Waals surface area contributed by atoms with Gasteiger partial charge in [0.2, 0.25) is 0 Å². The predicted molar refractivity (Wildman–Crippen MR) is 65.3 cm³/mol. The van der Waals surface area contributed by atoms with E-state index >= 15 is 0 Å². The second-order valence-corrected chi connectivity index (χ2v) is 3.96. The number of methoxy groups -OCH3 is 1. The maximum absolute atomic E-state index is 13.8. The lowest BCUT2D eigenvalue weighted by Crippen LogP contribution is -2.00. The summed E-state index contributed by atoms with van der Waals surface area (Å²) < 4.78 is 45.4. The van der Waals surface area contributed by atoms with Crippen LogP contribution in [0.25, 0.3) is 11.1 Å². The van der Waals surface area contributed by atoms with E-state index in [1.807, 2.05) is 0 Å². The van der Waals surface area contributed by atoms with Gasteiger partial charge in [-0.15, -0.1) is 0 Å². The van der Waals surface area contributed by atoms with E-state index in [-0.39, 0.29) is 16.9 Å². The molecule has 0 aliphatic carbocycles. The normalized spacial score (nSPS) is 10.4. The van der Waals surface area contributed by atoms with Gasteiger partial charge in [0.05, 0.1) is 18.2 Å². The highest BCUT2D eigenvalue weighted by Crippen LogP contribution is 2.35. The summed E-state index contributed by atoms with van der Waals surface area (Å²) in [7, 11) is 1.28. The van der Waals surface area contributed by atoms with Crippen molar-refractivity contribution in [1.82, 2.24) is 0 Å². The first kappa shape index (κ1) is 13.9. The van der Waals surface area contributed by atoms with Crippen LogP contribution in [0.4, 0.5) is 13.2 Å². The van der Waals surface area contributed by atoms with Gasteiger partial charge in [-0.25, -0.2) is 18.0 Å². The summed E-state index contributed by atoms with van der Waals surface area (Å²) in [6, 6.07) is 4.63. The van der Waals surface area contributed by atoms with Crippen LogP contribution in [0.1, 0.15) is 10.4 Å². The number of benzene rings is 2. The second kappa shape index (κ2) is 5.24. The van der Waals surface area contributed by atoms with Gasteiger partial charge in [-0.1, -0.05) is 0 Å². The number of rotatable bonds is 3. The summed E-state index contributed by atoms with van der Waals surface area (Å²) in [4.78, 5) is 10.9. The van der Waals surface area contributed by atoms with Crippen LogP contribution in [-0.2, 0) is 0 Å². The molecular formula is C14H9F3O3. The predicted octanol–water partition coefficient (Wildman–Crippen LogP) is 3.48. The first-order chi connectivity index (χ1) is 9.43. The van der Waals surface area contributed by atoms with Gasteiger partial charge in [0.1, 0.15) is 23.2 Å². The maximum atomic E-state index is 13.8. The minimum absolute atomic E-state index is 0.0828. The van der Waals surface area contributed by atoms with Crippen LogP contribution in [0, 0.1) is 17.5 Å². The summed E-state index contributed by atoms with van der Waals surface area (Å²) >= 11 is 0. The number of hydrogen-bond acceptors (Lipinski definition) is 2. The Kier molecular flexibility index (Phi) is 3.65. The average Bonchev–Trinajstić information content (AvgIpc) is 2.37. The fourth-order valence-electron chi connectivity index (χ4n) is 1.84. The third-order valence-electron chi connectivity index (χ3n) is 2.72. The Morgan fingerprint density at radius 2 is 1.70 bits per heavy atom. The van der Waals surface area contributed by atoms with E-state index < -0.39 is 29.0 Å². The molecule has 0 amide bonds. The monoisotopic (exact) mass is 282 g/mol. The lowest BCUT2D eigenvalue weighted by atomic mass is 10.0. The van der Waals surface area contributed by atoms with Crippen molar-refractivity contribution >= 4 is 5.97 Å². The van der Waals surface area contributed by atoms with Crippen molar-refractivity contribution < 1.29 is 27.8 Å². The first-order valence-corrected chi connectivity index (χ1v) is 5.50. The number of hydrogen-bond donors (Lipinski definition) is 1. The number of halogens is 3.